The van der Waals surface area contributed by atoms with E-state index in [0.717, 1.165) is 12.8 Å². The second kappa shape index (κ2) is 11.5. The Morgan fingerprint density at radius 1 is 0.778 bits per heavy atom. The second-order valence-corrected chi connectivity index (χ2v) is 3.59. The Balaban J connectivity index is 3.50. The monoisotopic (exact) mass is 250 g/mol. The molecule has 0 saturated carbocycles. The van der Waals surface area contributed by atoms with Crippen molar-refractivity contribution >= 4 is 11.9 Å². The molecule has 0 atom stereocenters. The van der Waals surface area contributed by atoms with Gasteiger partial charge in [-0.15, -0.1) is 24.7 Å². The Hall–Kier alpha value is -1.94. The van der Waals surface area contributed by atoms with E-state index in [1.807, 2.05) is 0 Å². The molecule has 4 nitrogen and oxygen atoms in total. The maximum atomic E-state index is 11.1. The minimum atomic E-state index is -0.951. The second-order valence-electron chi connectivity index (χ2n) is 3.59. The fourth-order valence-corrected chi connectivity index (χ4v) is 1.11. The molecule has 0 amide bonds. The Morgan fingerprint density at radius 3 is 1.50 bits per heavy atom. The van der Waals surface area contributed by atoms with E-state index >= 15 is 0 Å². The lowest BCUT2D eigenvalue weighted by Gasteiger charge is -2.04. The third-order valence-corrected chi connectivity index (χ3v) is 2.06. The summed E-state index contributed by atoms with van der Waals surface area (Å²) in [5.74, 6) is 3.05. The van der Waals surface area contributed by atoms with Gasteiger partial charge in [-0.3, -0.25) is 0 Å². The fourth-order valence-electron chi connectivity index (χ4n) is 1.11. The molecule has 0 aromatic carbocycles. The van der Waals surface area contributed by atoms with Gasteiger partial charge in [0.05, 0.1) is 13.2 Å². The normalized spacial score (nSPS) is 9.00. The number of unbranched alkanes of at least 4 members (excludes halogenated alkanes) is 4. The molecule has 0 radical (unpaired) electrons. The van der Waals surface area contributed by atoms with E-state index in [4.69, 9.17) is 22.3 Å². The first-order valence-electron chi connectivity index (χ1n) is 5.93. The maximum absolute atomic E-state index is 11.1. The molecule has 0 aromatic heterocycles. The number of hydrogen-bond donors (Lipinski definition) is 0. The lowest BCUT2D eigenvalue weighted by Crippen LogP contribution is -2.21. The van der Waals surface area contributed by atoms with Crippen LogP contribution in [0.15, 0.2) is 0 Å². The van der Waals surface area contributed by atoms with E-state index in [2.05, 4.69) is 11.8 Å². The van der Waals surface area contributed by atoms with Crippen LogP contribution in [0.4, 0.5) is 0 Å². The van der Waals surface area contributed by atoms with Gasteiger partial charge in [0.15, 0.2) is 0 Å². The first-order chi connectivity index (χ1) is 8.72. The molecule has 98 valence electrons. The van der Waals surface area contributed by atoms with Crippen molar-refractivity contribution in [3.63, 3.8) is 0 Å². The summed E-state index contributed by atoms with van der Waals surface area (Å²) in [5.41, 5.74) is 0. The van der Waals surface area contributed by atoms with E-state index in [9.17, 15) is 9.59 Å². The fraction of sp³-hybridized carbons (Fsp3) is 0.571. The van der Waals surface area contributed by atoms with Gasteiger partial charge in [-0.05, 0) is 25.7 Å². The molecule has 0 aliphatic heterocycles. The molecule has 0 N–H and O–H groups in total. The van der Waals surface area contributed by atoms with E-state index in [-0.39, 0.29) is 13.2 Å². The molecular weight excluding hydrogens is 232 g/mol. The van der Waals surface area contributed by atoms with Crippen LogP contribution in [0.1, 0.15) is 38.5 Å². The van der Waals surface area contributed by atoms with Gasteiger partial charge in [0.2, 0.25) is 0 Å². The average Bonchev–Trinajstić information content (AvgIpc) is 2.37. The summed E-state index contributed by atoms with van der Waals surface area (Å²) in [6, 6.07) is 0. The number of ether oxygens (including phenoxy) is 2. The quantitative estimate of drug-likeness (QED) is 0.285. The van der Waals surface area contributed by atoms with Gasteiger partial charge in [-0.25, -0.2) is 9.59 Å². The van der Waals surface area contributed by atoms with Crippen LogP contribution in [0.3, 0.4) is 0 Å². The minimum Gasteiger partial charge on any atom is -0.457 e. The summed E-state index contributed by atoms with van der Waals surface area (Å²) >= 11 is 0. The zero-order valence-electron chi connectivity index (χ0n) is 10.4. The molecule has 0 saturated heterocycles. The molecule has 4 heteroatoms. The zero-order valence-corrected chi connectivity index (χ0v) is 10.4. The molecule has 0 aromatic rings. The van der Waals surface area contributed by atoms with Crippen molar-refractivity contribution in [1.29, 1.82) is 0 Å². The third kappa shape index (κ3) is 9.30. The van der Waals surface area contributed by atoms with Crippen LogP contribution in [-0.2, 0) is 19.1 Å². The Bertz CT molecular complexity index is 299. The number of rotatable bonds is 8. The number of terminal acetylenes is 2. The summed E-state index contributed by atoms with van der Waals surface area (Å²) in [6.45, 7) is 0.374. The highest BCUT2D eigenvalue weighted by molar-refractivity contribution is 6.29. The van der Waals surface area contributed by atoms with Crippen molar-refractivity contribution in [2.24, 2.45) is 0 Å². The number of hydrogen-bond acceptors (Lipinski definition) is 4. The Kier molecular flexibility index (Phi) is 10.3. The van der Waals surface area contributed by atoms with Crippen molar-refractivity contribution in [1.82, 2.24) is 0 Å². The van der Waals surface area contributed by atoms with Gasteiger partial charge in [-0.2, -0.15) is 0 Å². The first kappa shape index (κ1) is 16.1. The van der Waals surface area contributed by atoms with E-state index in [1.165, 1.54) is 0 Å². The summed E-state index contributed by atoms with van der Waals surface area (Å²) < 4.78 is 9.43. The van der Waals surface area contributed by atoms with Gasteiger partial charge >= 0.3 is 11.9 Å². The van der Waals surface area contributed by atoms with Gasteiger partial charge in [0.1, 0.15) is 0 Å². The highest BCUT2D eigenvalue weighted by Gasteiger charge is 2.16. The van der Waals surface area contributed by atoms with Crippen LogP contribution in [0.2, 0.25) is 0 Å². The maximum Gasteiger partial charge on any atom is 0.417 e. The number of carbonyl (C=O) groups excluding carboxylic acids is 2. The molecule has 18 heavy (non-hydrogen) atoms. The first-order valence-corrected chi connectivity index (χ1v) is 5.93. The highest BCUT2D eigenvalue weighted by Crippen LogP contribution is 1.97. The van der Waals surface area contributed by atoms with E-state index in [0.29, 0.717) is 25.7 Å². The molecule has 0 bridgehead atoms. The van der Waals surface area contributed by atoms with E-state index in [1.54, 1.807) is 0 Å². The Labute approximate surface area is 108 Å². The molecule has 0 spiro atoms. The minimum absolute atomic E-state index is 0.187. The molecule has 0 fully saturated rings. The average molecular weight is 250 g/mol. The van der Waals surface area contributed by atoms with Crippen LogP contribution >= 0.6 is 0 Å². The van der Waals surface area contributed by atoms with Gasteiger partial charge < -0.3 is 9.47 Å². The van der Waals surface area contributed by atoms with Crippen molar-refractivity contribution in [3.8, 4) is 24.7 Å². The number of carbonyl (C=O) groups is 2. The molecular formula is C14H18O4. The number of esters is 2. The summed E-state index contributed by atoms with van der Waals surface area (Å²) in [5, 5.41) is 0. The lowest BCUT2D eigenvalue weighted by atomic mass is 10.2. The molecule has 0 aliphatic carbocycles. The largest absolute Gasteiger partial charge is 0.457 e. The van der Waals surface area contributed by atoms with Gasteiger partial charge in [-0.1, -0.05) is 0 Å². The summed E-state index contributed by atoms with van der Waals surface area (Å²) in [4.78, 5) is 22.3. The summed E-state index contributed by atoms with van der Waals surface area (Å²) in [6.07, 6.45) is 14.2. The predicted octanol–water partition coefficient (Wildman–Crippen LogP) is 1.68. The van der Waals surface area contributed by atoms with Crippen molar-refractivity contribution < 1.29 is 19.1 Å². The van der Waals surface area contributed by atoms with Crippen molar-refractivity contribution in [3.05, 3.63) is 0 Å². The van der Waals surface area contributed by atoms with Crippen LogP contribution in [-0.4, -0.2) is 25.2 Å². The third-order valence-electron chi connectivity index (χ3n) is 2.06. The Morgan fingerprint density at radius 2 is 1.17 bits per heavy atom. The summed E-state index contributed by atoms with van der Waals surface area (Å²) in [7, 11) is 0. The zero-order chi connectivity index (χ0) is 13.6. The van der Waals surface area contributed by atoms with Crippen LogP contribution in [0.25, 0.3) is 0 Å². The van der Waals surface area contributed by atoms with Crippen LogP contribution < -0.4 is 0 Å². The topological polar surface area (TPSA) is 52.6 Å². The molecule has 0 heterocycles. The van der Waals surface area contributed by atoms with Gasteiger partial charge in [0.25, 0.3) is 0 Å². The molecule has 0 rings (SSSR count). The standard InChI is InChI=1S/C14H18O4/c1-3-5-7-9-11-17-13(15)14(16)18-12-10-8-6-4-2/h1-2H,5-12H2. The molecule has 0 aliphatic rings. The van der Waals surface area contributed by atoms with Crippen LogP contribution in [0.5, 0.6) is 0 Å². The van der Waals surface area contributed by atoms with Crippen LogP contribution in [0, 0.1) is 24.7 Å². The smallest absolute Gasteiger partial charge is 0.417 e. The van der Waals surface area contributed by atoms with E-state index < -0.39 is 11.9 Å². The molecule has 0 unspecified atom stereocenters. The highest BCUT2D eigenvalue weighted by atomic mass is 16.6. The van der Waals surface area contributed by atoms with Crippen molar-refractivity contribution in [2.45, 2.75) is 38.5 Å². The SMILES string of the molecule is C#CCCCCOC(=O)C(=O)OCCCCC#C. The predicted molar refractivity (Wildman–Crippen MR) is 67.3 cm³/mol. The lowest BCUT2D eigenvalue weighted by molar-refractivity contribution is -0.167. The van der Waals surface area contributed by atoms with Gasteiger partial charge in [0, 0.05) is 12.8 Å². The van der Waals surface area contributed by atoms with Crippen molar-refractivity contribution in [2.75, 3.05) is 13.2 Å².